The lowest BCUT2D eigenvalue weighted by Crippen LogP contribution is -2.49. The van der Waals surface area contributed by atoms with E-state index in [1.807, 2.05) is 24.3 Å². The summed E-state index contributed by atoms with van der Waals surface area (Å²) in [4.78, 5) is 13.6. The van der Waals surface area contributed by atoms with E-state index in [1.54, 1.807) is 12.1 Å². The molecular formula is C26H31ClN2O4S. The van der Waals surface area contributed by atoms with Gasteiger partial charge in [-0.3, -0.25) is 4.79 Å². The number of rotatable bonds is 4. The molecule has 2 aromatic rings. The number of halogens is 1. The van der Waals surface area contributed by atoms with Gasteiger partial charge in [0.15, 0.2) is 0 Å². The van der Waals surface area contributed by atoms with E-state index in [2.05, 4.69) is 5.32 Å². The molecule has 1 amide bonds. The zero-order chi connectivity index (χ0) is 23.8. The molecule has 0 bridgehead atoms. The normalized spacial score (nSPS) is 24.7. The van der Waals surface area contributed by atoms with Crippen LogP contribution in [-0.4, -0.2) is 37.3 Å². The molecule has 182 valence electrons. The zero-order valence-corrected chi connectivity index (χ0v) is 20.8. The van der Waals surface area contributed by atoms with E-state index < -0.39 is 10.0 Å². The molecule has 0 aromatic heterocycles. The second kappa shape index (κ2) is 9.51. The monoisotopic (exact) mass is 502 g/mol. The average Bonchev–Trinajstić information content (AvgIpc) is 2.85. The third-order valence-corrected chi connectivity index (χ3v) is 9.62. The Morgan fingerprint density at radius 2 is 1.76 bits per heavy atom. The van der Waals surface area contributed by atoms with Crippen LogP contribution in [0.15, 0.2) is 53.4 Å². The molecule has 2 atom stereocenters. The molecule has 1 aliphatic carbocycles. The number of hydrogen-bond donors (Lipinski definition) is 1. The molecular weight excluding hydrogens is 472 g/mol. The average molecular weight is 503 g/mol. The maximum Gasteiger partial charge on any atom is 0.243 e. The molecule has 2 aromatic carbocycles. The molecule has 1 saturated carbocycles. The Balaban J connectivity index is 1.32. The molecule has 2 fully saturated rings. The highest BCUT2D eigenvalue weighted by molar-refractivity contribution is 7.89. The first-order chi connectivity index (χ1) is 16.4. The van der Waals surface area contributed by atoms with Crippen LogP contribution in [0, 0.1) is 5.92 Å². The van der Waals surface area contributed by atoms with Crippen molar-refractivity contribution in [1.29, 1.82) is 0 Å². The number of hydrogen-bond acceptors (Lipinski definition) is 4. The second-order valence-corrected chi connectivity index (χ2v) is 12.2. The fraction of sp³-hybridized carbons (Fsp3) is 0.500. The predicted molar refractivity (Wildman–Crippen MR) is 131 cm³/mol. The zero-order valence-electron chi connectivity index (χ0n) is 19.2. The fourth-order valence-electron chi connectivity index (χ4n) is 5.67. The van der Waals surface area contributed by atoms with E-state index in [1.165, 1.54) is 22.9 Å². The molecule has 8 heteroatoms. The second-order valence-electron chi connectivity index (χ2n) is 9.80. The van der Waals surface area contributed by atoms with Crippen LogP contribution in [0.1, 0.15) is 63.0 Å². The molecule has 34 heavy (non-hydrogen) atoms. The number of nitrogens with zero attached hydrogens (tertiary/aromatic N) is 1. The summed E-state index contributed by atoms with van der Waals surface area (Å²) in [5.41, 5.74) is 0.787. The highest BCUT2D eigenvalue weighted by Gasteiger charge is 2.43. The number of fused-ring (bicyclic) bond motifs is 1. The van der Waals surface area contributed by atoms with Crippen molar-refractivity contribution < 1.29 is 17.9 Å². The first kappa shape index (κ1) is 23.6. The molecule has 0 unspecified atom stereocenters. The molecule has 2 aliphatic heterocycles. The number of ether oxygens (including phenoxy) is 1. The van der Waals surface area contributed by atoms with Gasteiger partial charge < -0.3 is 10.1 Å². The van der Waals surface area contributed by atoms with Gasteiger partial charge in [-0.1, -0.05) is 36.2 Å². The summed E-state index contributed by atoms with van der Waals surface area (Å²) >= 11 is 5.92. The highest BCUT2D eigenvalue weighted by atomic mass is 35.5. The maximum atomic E-state index is 13.4. The largest absolute Gasteiger partial charge is 0.487 e. The number of benzene rings is 2. The molecule has 0 radical (unpaired) electrons. The van der Waals surface area contributed by atoms with E-state index in [4.69, 9.17) is 16.3 Å². The van der Waals surface area contributed by atoms with Crippen LogP contribution in [0.5, 0.6) is 5.75 Å². The van der Waals surface area contributed by atoms with Gasteiger partial charge in [0.2, 0.25) is 15.9 Å². The summed E-state index contributed by atoms with van der Waals surface area (Å²) in [5.74, 6) is 0.397. The number of sulfonamides is 1. The van der Waals surface area contributed by atoms with E-state index in [9.17, 15) is 13.2 Å². The number of para-hydroxylation sites is 1. The van der Waals surface area contributed by atoms with Crippen molar-refractivity contribution in [2.45, 2.75) is 67.9 Å². The molecule has 1 spiro atoms. The van der Waals surface area contributed by atoms with Crippen LogP contribution in [-0.2, 0) is 14.8 Å². The quantitative estimate of drug-likeness (QED) is 0.632. The summed E-state index contributed by atoms with van der Waals surface area (Å²) in [6.07, 6.45) is 7.60. The summed E-state index contributed by atoms with van der Waals surface area (Å²) in [7, 11) is -3.67. The van der Waals surface area contributed by atoms with Gasteiger partial charge in [0.25, 0.3) is 0 Å². The minimum Gasteiger partial charge on any atom is -0.487 e. The van der Waals surface area contributed by atoms with E-state index in [0.717, 1.165) is 43.4 Å². The van der Waals surface area contributed by atoms with Crippen molar-refractivity contribution >= 4 is 27.5 Å². The molecule has 6 nitrogen and oxygen atoms in total. The topological polar surface area (TPSA) is 75.7 Å². The Labute approximate surface area is 206 Å². The van der Waals surface area contributed by atoms with Crippen LogP contribution in [0.25, 0.3) is 0 Å². The van der Waals surface area contributed by atoms with Crippen molar-refractivity contribution in [3.8, 4) is 5.75 Å². The van der Waals surface area contributed by atoms with E-state index in [0.29, 0.717) is 24.4 Å². The van der Waals surface area contributed by atoms with Crippen molar-refractivity contribution in [3.63, 3.8) is 0 Å². The van der Waals surface area contributed by atoms with Crippen LogP contribution >= 0.6 is 11.6 Å². The SMILES string of the molecule is O=C(N[C@H]1CC2(CCCCC2)Oc2ccccc21)[C@H]1CCCN(S(=O)(=O)c2ccc(Cl)cc2)C1. The molecule has 3 aliphatic rings. The first-order valence-corrected chi connectivity index (χ1v) is 14.0. The van der Waals surface area contributed by atoms with Crippen LogP contribution in [0.2, 0.25) is 5.02 Å². The molecule has 1 N–H and O–H groups in total. The van der Waals surface area contributed by atoms with Crippen LogP contribution in [0.4, 0.5) is 0 Å². The highest BCUT2D eigenvalue weighted by Crippen LogP contribution is 2.46. The van der Waals surface area contributed by atoms with Gasteiger partial charge in [-0.25, -0.2) is 8.42 Å². The Hall–Kier alpha value is -2.09. The lowest BCUT2D eigenvalue weighted by molar-refractivity contribution is -0.127. The van der Waals surface area contributed by atoms with Gasteiger partial charge in [-0.15, -0.1) is 0 Å². The van der Waals surface area contributed by atoms with Crippen LogP contribution in [0.3, 0.4) is 0 Å². The van der Waals surface area contributed by atoms with Gasteiger partial charge in [0.1, 0.15) is 11.4 Å². The number of carbonyl (C=O) groups excluding carboxylic acids is 1. The van der Waals surface area contributed by atoms with Gasteiger partial charge in [0, 0.05) is 30.1 Å². The predicted octanol–water partition coefficient (Wildman–Crippen LogP) is 5.08. The van der Waals surface area contributed by atoms with Crippen molar-refractivity contribution in [2.75, 3.05) is 13.1 Å². The minimum absolute atomic E-state index is 0.0799. The van der Waals surface area contributed by atoms with Gasteiger partial charge in [-0.2, -0.15) is 4.31 Å². The molecule has 1 saturated heterocycles. The van der Waals surface area contributed by atoms with Crippen molar-refractivity contribution in [1.82, 2.24) is 9.62 Å². The summed E-state index contributed by atoms with van der Waals surface area (Å²) in [6, 6.07) is 14.0. The Bertz CT molecular complexity index is 1150. The Morgan fingerprint density at radius 3 is 2.53 bits per heavy atom. The summed E-state index contributed by atoms with van der Waals surface area (Å²) in [6.45, 7) is 0.602. The van der Waals surface area contributed by atoms with Gasteiger partial charge >= 0.3 is 0 Å². The van der Waals surface area contributed by atoms with Gasteiger partial charge in [-0.05, 0) is 68.9 Å². The van der Waals surface area contributed by atoms with Crippen molar-refractivity contribution in [2.24, 2.45) is 5.92 Å². The van der Waals surface area contributed by atoms with E-state index in [-0.39, 0.29) is 34.9 Å². The van der Waals surface area contributed by atoms with Crippen LogP contribution < -0.4 is 10.1 Å². The Kier molecular flexibility index (Phi) is 6.62. The number of amides is 1. The lowest BCUT2D eigenvalue weighted by atomic mass is 9.77. The molecule has 5 rings (SSSR count). The third kappa shape index (κ3) is 4.70. The Morgan fingerprint density at radius 1 is 1.03 bits per heavy atom. The minimum atomic E-state index is -3.67. The standard InChI is InChI=1S/C26H31ClN2O4S/c27-20-10-12-21(13-11-20)34(31,32)29-16-6-7-19(18-29)25(30)28-23-17-26(14-4-1-5-15-26)33-24-9-3-2-8-22(23)24/h2-3,8-13,19,23H,1,4-7,14-18H2,(H,28,30)/t19-,23-/m0/s1. The first-order valence-electron chi connectivity index (χ1n) is 12.2. The number of carbonyl (C=O) groups is 1. The molecule has 2 heterocycles. The number of piperidine rings is 1. The number of nitrogens with one attached hydrogen (secondary N) is 1. The summed E-state index contributed by atoms with van der Waals surface area (Å²) in [5, 5.41) is 3.77. The van der Waals surface area contributed by atoms with E-state index >= 15 is 0 Å². The summed E-state index contributed by atoms with van der Waals surface area (Å²) < 4.78 is 34.2. The smallest absolute Gasteiger partial charge is 0.243 e. The van der Waals surface area contributed by atoms with Gasteiger partial charge in [0.05, 0.1) is 16.9 Å². The maximum absolute atomic E-state index is 13.4. The fourth-order valence-corrected chi connectivity index (χ4v) is 7.32. The third-order valence-electron chi connectivity index (χ3n) is 7.48. The van der Waals surface area contributed by atoms with Crippen molar-refractivity contribution in [3.05, 3.63) is 59.1 Å². The lowest BCUT2D eigenvalue weighted by Gasteiger charge is -2.45.